The number of aryl methyl sites for hydroxylation is 1. The summed E-state index contributed by atoms with van der Waals surface area (Å²) in [5.41, 5.74) is 2.05. The van der Waals surface area contributed by atoms with Crippen LogP contribution in [0.4, 0.5) is 0 Å². The average Bonchev–Trinajstić information content (AvgIpc) is 2.85. The van der Waals surface area contributed by atoms with Gasteiger partial charge in [0, 0.05) is 0 Å². The first-order chi connectivity index (χ1) is 16.0. The zero-order valence-electron chi connectivity index (χ0n) is 18.4. The zero-order chi connectivity index (χ0) is 23.2. The fourth-order valence-electron chi connectivity index (χ4n) is 3.63. The van der Waals surface area contributed by atoms with Crippen molar-refractivity contribution in [1.82, 2.24) is 0 Å². The molecule has 0 radical (unpaired) electrons. The fraction of sp³-hybridized carbons (Fsp3) is 0.0714. The van der Waals surface area contributed by atoms with E-state index in [0.717, 1.165) is 21.7 Å². The molecule has 4 rings (SSSR count). The van der Waals surface area contributed by atoms with Crippen LogP contribution < -0.4 is 10.6 Å². The molecule has 0 heterocycles. The molecule has 0 spiro atoms. The summed E-state index contributed by atoms with van der Waals surface area (Å²) in [6, 6.07) is 36.2. The van der Waals surface area contributed by atoms with Gasteiger partial charge in [0.25, 0.3) is 0 Å². The second kappa shape index (κ2) is 10.3. The van der Waals surface area contributed by atoms with E-state index < -0.39 is 17.6 Å². The first-order valence-electron chi connectivity index (χ1n) is 10.7. The minimum Gasteiger partial charge on any atom is -0.191 e. The summed E-state index contributed by atoms with van der Waals surface area (Å²) in [7, 11) is -6.82. The topological polar surface area (TPSA) is 43.4 Å². The van der Waals surface area contributed by atoms with Crippen molar-refractivity contribution in [2.45, 2.75) is 11.8 Å². The number of benzene rings is 4. The Kier molecular flexibility index (Phi) is 7.20. The van der Waals surface area contributed by atoms with E-state index in [4.69, 9.17) is 3.97 Å². The third-order valence-electron chi connectivity index (χ3n) is 5.35. The average molecular weight is 474 g/mol. The summed E-state index contributed by atoms with van der Waals surface area (Å²) in [6.07, 6.45) is 4.48. The molecule has 0 unspecified atom stereocenters. The highest BCUT2D eigenvalue weighted by Gasteiger charge is 2.49. The molecular weight excluding hydrogens is 447 g/mol. The number of allylic oxidation sites excluding steroid dienone is 1. The van der Waals surface area contributed by atoms with Crippen LogP contribution in [-0.2, 0) is 14.1 Å². The first-order valence-corrected chi connectivity index (χ1v) is 14.0. The predicted octanol–water partition coefficient (Wildman–Crippen LogP) is 6.00. The summed E-state index contributed by atoms with van der Waals surface area (Å²) >= 11 is 0. The smallest absolute Gasteiger partial charge is 0.191 e. The number of hydrogen-bond donors (Lipinski definition) is 0. The van der Waals surface area contributed by atoms with Gasteiger partial charge in [0.1, 0.15) is 16.8 Å². The van der Waals surface area contributed by atoms with E-state index in [1.165, 1.54) is 0 Å². The quantitative estimate of drug-likeness (QED) is 0.295. The molecule has 0 aliphatic rings. The summed E-state index contributed by atoms with van der Waals surface area (Å²) < 4.78 is 33.3. The van der Waals surface area contributed by atoms with E-state index in [-0.39, 0.29) is 4.90 Å². The lowest BCUT2D eigenvalue weighted by Crippen LogP contribution is -2.28. The van der Waals surface area contributed by atoms with Gasteiger partial charge in [0.05, 0.1) is 4.90 Å². The molecule has 3 nitrogen and oxygen atoms in total. The van der Waals surface area contributed by atoms with Gasteiger partial charge in [-0.25, -0.2) is 0 Å². The Morgan fingerprint density at radius 1 is 0.697 bits per heavy atom. The molecule has 0 saturated heterocycles. The molecule has 0 atom stereocenters. The van der Waals surface area contributed by atoms with E-state index in [1.54, 1.807) is 24.3 Å². The van der Waals surface area contributed by atoms with Gasteiger partial charge in [-0.2, -0.15) is 8.42 Å². The third kappa shape index (κ3) is 5.48. The van der Waals surface area contributed by atoms with E-state index >= 15 is 0 Å². The van der Waals surface area contributed by atoms with Crippen LogP contribution >= 0.6 is 7.49 Å². The minimum absolute atomic E-state index is 0.163. The van der Waals surface area contributed by atoms with Crippen LogP contribution in [0.5, 0.6) is 0 Å². The van der Waals surface area contributed by atoms with Gasteiger partial charge in [-0.15, -0.1) is 0 Å². The predicted molar refractivity (Wildman–Crippen MR) is 139 cm³/mol. The third-order valence-corrected chi connectivity index (χ3v) is 11.0. The molecule has 0 bridgehead atoms. The Morgan fingerprint density at radius 2 is 1.18 bits per heavy atom. The van der Waals surface area contributed by atoms with Crippen molar-refractivity contribution >= 4 is 34.3 Å². The number of hydrogen-bond acceptors (Lipinski definition) is 3. The van der Waals surface area contributed by atoms with E-state index in [2.05, 4.69) is 0 Å². The van der Waals surface area contributed by atoms with Gasteiger partial charge < -0.3 is 0 Å². The Labute approximate surface area is 196 Å². The molecule has 4 aromatic rings. The highest BCUT2D eigenvalue weighted by Crippen LogP contribution is 2.59. The van der Waals surface area contributed by atoms with Crippen LogP contribution in [0.25, 0.3) is 6.08 Å². The van der Waals surface area contributed by atoms with E-state index in [9.17, 15) is 8.42 Å². The number of rotatable bonds is 8. The van der Waals surface area contributed by atoms with Gasteiger partial charge in [-0.3, -0.25) is 0 Å². The molecule has 0 aliphatic carbocycles. The van der Waals surface area contributed by atoms with Crippen LogP contribution in [0.1, 0.15) is 11.1 Å². The van der Waals surface area contributed by atoms with Crippen molar-refractivity contribution < 1.29 is 12.4 Å². The van der Waals surface area contributed by atoms with Crippen LogP contribution in [0.3, 0.4) is 0 Å². The molecule has 33 heavy (non-hydrogen) atoms. The monoisotopic (exact) mass is 473 g/mol. The van der Waals surface area contributed by atoms with Crippen molar-refractivity contribution in [3.05, 3.63) is 132 Å². The largest absolute Gasteiger partial charge is 0.329 e. The standard InChI is InChI=1S/C28H26O3PS/c1-24-19-21-28(22-20-24)33(29,30)31-32(26-15-7-3-8-16-26,27-17-9-4-10-18-27)23-11-14-25-12-5-2-6-13-25/h2-22H,23H2,1H3/q+1. The summed E-state index contributed by atoms with van der Waals surface area (Å²) in [5, 5.41) is 1.76. The maximum absolute atomic E-state index is 13.5. The molecule has 4 aromatic carbocycles. The van der Waals surface area contributed by atoms with Gasteiger partial charge in [-0.1, -0.05) is 94.5 Å². The molecule has 0 fully saturated rings. The minimum atomic E-state index is -4.01. The highest BCUT2D eigenvalue weighted by atomic mass is 32.2. The second-order valence-electron chi connectivity index (χ2n) is 7.75. The Hall–Kier alpha value is -3.04. The van der Waals surface area contributed by atoms with Gasteiger partial charge in [-0.05, 0) is 55.0 Å². The molecule has 0 amide bonds. The first kappa shape index (κ1) is 23.1. The molecule has 166 valence electrons. The maximum Gasteiger partial charge on any atom is 0.329 e. The lowest BCUT2D eigenvalue weighted by atomic mass is 10.2. The lowest BCUT2D eigenvalue weighted by molar-refractivity contribution is 0.508. The summed E-state index contributed by atoms with van der Waals surface area (Å²) in [6.45, 7) is 1.93. The van der Waals surface area contributed by atoms with Crippen molar-refractivity contribution in [2.75, 3.05) is 6.16 Å². The van der Waals surface area contributed by atoms with Crippen LogP contribution in [0, 0.1) is 6.92 Å². The van der Waals surface area contributed by atoms with Crippen molar-refractivity contribution in [3.63, 3.8) is 0 Å². The van der Waals surface area contributed by atoms with Crippen LogP contribution in [-0.4, -0.2) is 14.6 Å². The van der Waals surface area contributed by atoms with Crippen molar-refractivity contribution in [3.8, 4) is 0 Å². The molecule has 0 aliphatic heterocycles. The van der Waals surface area contributed by atoms with Gasteiger partial charge in [0.2, 0.25) is 7.49 Å². The molecule has 5 heteroatoms. The summed E-state index contributed by atoms with van der Waals surface area (Å²) in [4.78, 5) is 0.163. The van der Waals surface area contributed by atoms with E-state index in [1.807, 2.05) is 110 Å². The van der Waals surface area contributed by atoms with Crippen LogP contribution in [0.2, 0.25) is 0 Å². The van der Waals surface area contributed by atoms with Gasteiger partial charge in [0.15, 0.2) is 0 Å². The lowest BCUT2D eigenvalue weighted by Gasteiger charge is -2.24. The Balaban J connectivity index is 1.84. The fourth-order valence-corrected chi connectivity index (χ4v) is 9.15. The molecule has 0 aromatic heterocycles. The second-order valence-corrected chi connectivity index (χ2v) is 12.6. The zero-order valence-corrected chi connectivity index (χ0v) is 20.1. The Morgan fingerprint density at radius 3 is 1.70 bits per heavy atom. The van der Waals surface area contributed by atoms with Gasteiger partial charge >= 0.3 is 10.1 Å². The van der Waals surface area contributed by atoms with Crippen molar-refractivity contribution in [1.29, 1.82) is 0 Å². The molecule has 0 saturated carbocycles. The maximum atomic E-state index is 13.5. The highest BCUT2D eigenvalue weighted by molar-refractivity contribution is 7.98. The SMILES string of the molecule is Cc1ccc(S(=O)(=O)O[P+](CC=Cc2ccccc2)(c2ccccc2)c2ccccc2)cc1. The van der Waals surface area contributed by atoms with Crippen LogP contribution in [0.15, 0.2) is 126 Å². The molecular formula is C28H26O3PS+. The van der Waals surface area contributed by atoms with Crippen molar-refractivity contribution in [2.24, 2.45) is 0 Å². The Bertz CT molecular complexity index is 1260. The molecule has 0 N–H and O–H groups in total. The normalized spacial score (nSPS) is 12.2. The summed E-state index contributed by atoms with van der Waals surface area (Å²) in [5.74, 6) is 0. The van der Waals surface area contributed by atoms with E-state index in [0.29, 0.717) is 6.16 Å².